The predicted octanol–water partition coefficient (Wildman–Crippen LogP) is 4.88. The first kappa shape index (κ1) is 17.9. The molecular formula is C24H26N2O. The Kier molecular flexibility index (Phi) is 5.09. The molecule has 138 valence electrons. The van der Waals surface area contributed by atoms with Crippen molar-refractivity contribution in [2.75, 3.05) is 0 Å². The summed E-state index contributed by atoms with van der Waals surface area (Å²) in [6.45, 7) is 2.94. The summed E-state index contributed by atoms with van der Waals surface area (Å²) in [5.74, 6) is 0.382. The van der Waals surface area contributed by atoms with Gasteiger partial charge in [0, 0.05) is 30.1 Å². The van der Waals surface area contributed by atoms with Gasteiger partial charge in [-0.2, -0.15) is 5.26 Å². The zero-order chi connectivity index (χ0) is 18.8. The summed E-state index contributed by atoms with van der Waals surface area (Å²) in [5, 5.41) is 9.06. The lowest BCUT2D eigenvalue weighted by molar-refractivity contribution is 0.00904. The second-order valence-electron chi connectivity index (χ2n) is 8.07. The number of carbonyl (C=O) groups excluding carboxylic acids is 1. The van der Waals surface area contributed by atoms with Crippen LogP contribution in [-0.4, -0.2) is 22.8 Å². The number of nitrogens with zero attached hydrogens (tertiary/aromatic N) is 2. The number of rotatable bonds is 4. The minimum atomic E-state index is 0.110. The van der Waals surface area contributed by atoms with Crippen LogP contribution in [0.15, 0.2) is 48.5 Å². The molecule has 2 bridgehead atoms. The van der Waals surface area contributed by atoms with Crippen LogP contribution in [0.25, 0.3) is 0 Å². The number of Topliss-reactive ketones (excluding diaryl/α,β-unsaturated/α-hetero) is 1. The standard InChI is InChI=1S/C24H26N2O/c1-17-12-19(15-25)10-11-23(17)24(27)20-13-21-8-5-9-22(14-20)26(21)16-18-6-3-2-4-7-18/h2-4,6-7,10-12,20-22H,5,8-9,13-14,16H2,1H3. The fourth-order valence-corrected chi connectivity index (χ4v) is 4.97. The number of nitriles is 1. The Morgan fingerprint density at radius 1 is 1.11 bits per heavy atom. The molecular weight excluding hydrogens is 332 g/mol. The van der Waals surface area contributed by atoms with Crippen molar-refractivity contribution >= 4 is 5.78 Å². The molecule has 0 spiro atoms. The summed E-state index contributed by atoms with van der Waals surface area (Å²) in [6, 6.07) is 19.3. The van der Waals surface area contributed by atoms with Crippen LogP contribution >= 0.6 is 0 Å². The molecule has 3 heteroatoms. The van der Waals surface area contributed by atoms with Gasteiger partial charge in [-0.15, -0.1) is 0 Å². The van der Waals surface area contributed by atoms with E-state index in [1.54, 1.807) is 6.07 Å². The summed E-state index contributed by atoms with van der Waals surface area (Å²) in [6.07, 6.45) is 5.58. The van der Waals surface area contributed by atoms with Crippen molar-refractivity contribution in [1.82, 2.24) is 4.90 Å². The maximum Gasteiger partial charge on any atom is 0.166 e. The first-order valence-corrected chi connectivity index (χ1v) is 10.0. The van der Waals surface area contributed by atoms with Crippen molar-refractivity contribution in [3.8, 4) is 6.07 Å². The second-order valence-corrected chi connectivity index (χ2v) is 8.07. The molecule has 2 atom stereocenters. The molecule has 2 heterocycles. The molecule has 0 saturated carbocycles. The van der Waals surface area contributed by atoms with Crippen LogP contribution in [0.3, 0.4) is 0 Å². The zero-order valence-corrected chi connectivity index (χ0v) is 15.9. The van der Waals surface area contributed by atoms with Gasteiger partial charge in [0.05, 0.1) is 11.6 Å². The van der Waals surface area contributed by atoms with E-state index >= 15 is 0 Å². The lowest BCUT2D eigenvalue weighted by Gasteiger charge is -2.48. The van der Waals surface area contributed by atoms with Crippen molar-refractivity contribution in [1.29, 1.82) is 5.26 Å². The molecule has 0 aromatic heterocycles. The third-order valence-electron chi connectivity index (χ3n) is 6.33. The van der Waals surface area contributed by atoms with Crippen LogP contribution in [0, 0.1) is 24.2 Å². The molecule has 2 aromatic carbocycles. The molecule has 2 aromatic rings. The van der Waals surface area contributed by atoms with Crippen LogP contribution in [-0.2, 0) is 6.54 Å². The van der Waals surface area contributed by atoms with E-state index in [9.17, 15) is 4.79 Å². The Morgan fingerprint density at radius 2 is 1.81 bits per heavy atom. The molecule has 0 aliphatic carbocycles. The average molecular weight is 358 g/mol. The van der Waals surface area contributed by atoms with Crippen LogP contribution < -0.4 is 0 Å². The Morgan fingerprint density at radius 3 is 2.44 bits per heavy atom. The number of fused-ring (bicyclic) bond motifs is 2. The third kappa shape index (κ3) is 3.68. The van der Waals surface area contributed by atoms with E-state index in [1.165, 1.54) is 24.8 Å². The Balaban J connectivity index is 1.51. The van der Waals surface area contributed by atoms with Gasteiger partial charge in [0.1, 0.15) is 0 Å². The van der Waals surface area contributed by atoms with Crippen molar-refractivity contribution in [2.24, 2.45) is 5.92 Å². The molecule has 0 N–H and O–H groups in total. The fourth-order valence-electron chi connectivity index (χ4n) is 4.97. The summed E-state index contributed by atoms with van der Waals surface area (Å²) < 4.78 is 0. The maximum atomic E-state index is 13.2. The highest BCUT2D eigenvalue weighted by molar-refractivity contribution is 5.99. The van der Waals surface area contributed by atoms with E-state index in [0.29, 0.717) is 17.6 Å². The van der Waals surface area contributed by atoms with E-state index in [-0.39, 0.29) is 11.7 Å². The van der Waals surface area contributed by atoms with Crippen LogP contribution in [0.4, 0.5) is 0 Å². The minimum absolute atomic E-state index is 0.110. The Bertz CT molecular complexity index is 854. The average Bonchev–Trinajstić information content (AvgIpc) is 2.68. The number of aryl methyl sites for hydroxylation is 1. The summed E-state index contributed by atoms with van der Waals surface area (Å²) in [7, 11) is 0. The van der Waals surface area contributed by atoms with Gasteiger partial charge in [0.15, 0.2) is 5.78 Å². The van der Waals surface area contributed by atoms with Crippen molar-refractivity contribution in [3.63, 3.8) is 0 Å². The van der Waals surface area contributed by atoms with Gasteiger partial charge in [-0.05, 0) is 61.9 Å². The zero-order valence-electron chi connectivity index (χ0n) is 15.9. The monoisotopic (exact) mass is 358 g/mol. The minimum Gasteiger partial charge on any atom is -0.294 e. The SMILES string of the molecule is Cc1cc(C#N)ccc1C(=O)C1CC2CCCC(C1)N2Cc1ccccc1. The van der Waals surface area contributed by atoms with Crippen molar-refractivity contribution in [2.45, 2.75) is 57.7 Å². The van der Waals surface area contributed by atoms with Gasteiger partial charge in [-0.1, -0.05) is 36.8 Å². The largest absolute Gasteiger partial charge is 0.294 e. The van der Waals surface area contributed by atoms with Gasteiger partial charge in [-0.3, -0.25) is 9.69 Å². The molecule has 4 rings (SSSR count). The molecule has 0 amide bonds. The van der Waals surface area contributed by atoms with Crippen LogP contribution in [0.5, 0.6) is 0 Å². The summed E-state index contributed by atoms with van der Waals surface area (Å²) in [5.41, 5.74) is 3.71. The van der Waals surface area contributed by atoms with E-state index in [4.69, 9.17) is 5.26 Å². The third-order valence-corrected chi connectivity index (χ3v) is 6.33. The van der Waals surface area contributed by atoms with E-state index in [0.717, 1.165) is 30.5 Å². The number of hydrogen-bond donors (Lipinski definition) is 0. The highest BCUT2D eigenvalue weighted by Crippen LogP contribution is 2.39. The maximum absolute atomic E-state index is 13.2. The van der Waals surface area contributed by atoms with E-state index < -0.39 is 0 Å². The van der Waals surface area contributed by atoms with Crippen molar-refractivity contribution < 1.29 is 4.79 Å². The van der Waals surface area contributed by atoms with Gasteiger partial charge in [-0.25, -0.2) is 0 Å². The fraction of sp³-hybridized carbons (Fsp3) is 0.417. The number of piperidine rings is 2. The first-order chi connectivity index (χ1) is 13.2. The molecule has 2 saturated heterocycles. The lowest BCUT2D eigenvalue weighted by Crippen LogP contribution is -2.52. The molecule has 2 aliphatic heterocycles. The van der Waals surface area contributed by atoms with E-state index in [2.05, 4.69) is 41.3 Å². The quantitative estimate of drug-likeness (QED) is 0.732. The summed E-state index contributed by atoms with van der Waals surface area (Å²) in [4.78, 5) is 15.9. The predicted molar refractivity (Wildman–Crippen MR) is 106 cm³/mol. The summed E-state index contributed by atoms with van der Waals surface area (Å²) >= 11 is 0. The second kappa shape index (κ2) is 7.66. The number of ketones is 1. The molecule has 27 heavy (non-hydrogen) atoms. The molecule has 2 aliphatic rings. The normalized spacial score (nSPS) is 25.0. The van der Waals surface area contributed by atoms with Gasteiger partial charge in [0.25, 0.3) is 0 Å². The van der Waals surface area contributed by atoms with Crippen LogP contribution in [0.2, 0.25) is 0 Å². The van der Waals surface area contributed by atoms with Gasteiger partial charge < -0.3 is 0 Å². The highest BCUT2D eigenvalue weighted by atomic mass is 16.1. The number of hydrogen-bond acceptors (Lipinski definition) is 3. The molecule has 0 radical (unpaired) electrons. The number of benzene rings is 2. The van der Waals surface area contributed by atoms with Gasteiger partial charge >= 0.3 is 0 Å². The molecule has 2 fully saturated rings. The van der Waals surface area contributed by atoms with E-state index in [1.807, 2.05) is 19.1 Å². The van der Waals surface area contributed by atoms with Crippen molar-refractivity contribution in [3.05, 3.63) is 70.8 Å². The van der Waals surface area contributed by atoms with Crippen LogP contribution in [0.1, 0.15) is 59.2 Å². The lowest BCUT2D eigenvalue weighted by atomic mass is 9.75. The first-order valence-electron chi connectivity index (χ1n) is 10.0. The smallest absolute Gasteiger partial charge is 0.166 e. The Labute approximate surface area is 161 Å². The molecule has 2 unspecified atom stereocenters. The van der Waals surface area contributed by atoms with Gasteiger partial charge in [0.2, 0.25) is 0 Å². The highest BCUT2D eigenvalue weighted by Gasteiger charge is 2.40. The number of carbonyl (C=O) groups is 1. The topological polar surface area (TPSA) is 44.1 Å². The Hall–Kier alpha value is -2.44. The molecule has 3 nitrogen and oxygen atoms in total.